The maximum atomic E-state index is 13.0. The number of rotatable bonds is 8. The molecule has 5 rings (SSSR count). The Balaban J connectivity index is 1.33. The number of hydrogen-bond donors (Lipinski definition) is 0. The molecule has 2 heterocycles. The summed E-state index contributed by atoms with van der Waals surface area (Å²) >= 11 is 7.88. The summed E-state index contributed by atoms with van der Waals surface area (Å²) in [5, 5.41) is 0.412. The summed E-state index contributed by atoms with van der Waals surface area (Å²) in [6.45, 7) is 2.96. The zero-order chi connectivity index (χ0) is 24.4. The second-order valence-corrected chi connectivity index (χ2v) is 9.40. The van der Waals surface area contributed by atoms with Crippen LogP contribution >= 0.6 is 22.9 Å². The molecule has 0 N–H and O–H groups in total. The van der Waals surface area contributed by atoms with Crippen molar-refractivity contribution in [3.8, 4) is 17.2 Å². The average Bonchev–Trinajstić information content (AvgIpc) is 3.36. The van der Waals surface area contributed by atoms with E-state index in [0.717, 1.165) is 27.9 Å². The number of benzene rings is 3. The van der Waals surface area contributed by atoms with E-state index in [1.165, 1.54) is 11.3 Å². The van der Waals surface area contributed by atoms with E-state index in [1.54, 1.807) is 23.7 Å². The second kappa shape index (κ2) is 9.98. The molecule has 0 unspecified atom stereocenters. The molecule has 0 aliphatic carbocycles. The Hall–Kier alpha value is -3.55. The molecule has 0 spiro atoms. The number of fused-ring (bicyclic) bond motifs is 3. The lowest BCUT2D eigenvalue weighted by Crippen LogP contribution is -2.22. The van der Waals surface area contributed by atoms with Crippen molar-refractivity contribution < 1.29 is 14.2 Å². The Labute approximate surface area is 211 Å². The van der Waals surface area contributed by atoms with E-state index in [0.29, 0.717) is 45.6 Å². The van der Waals surface area contributed by atoms with Crippen LogP contribution in [0.5, 0.6) is 17.2 Å². The first-order chi connectivity index (χ1) is 17.0. The molecule has 0 saturated heterocycles. The molecule has 2 aromatic heterocycles. The van der Waals surface area contributed by atoms with Crippen molar-refractivity contribution in [3.05, 3.63) is 91.7 Å². The third kappa shape index (κ3) is 4.70. The predicted molar refractivity (Wildman–Crippen MR) is 140 cm³/mol. The second-order valence-electron chi connectivity index (χ2n) is 7.98. The number of ether oxygens (including phenoxy) is 3. The lowest BCUT2D eigenvalue weighted by atomic mass is 10.2. The van der Waals surface area contributed by atoms with Gasteiger partial charge in [0.1, 0.15) is 5.75 Å². The van der Waals surface area contributed by atoms with Crippen LogP contribution in [0, 0.1) is 6.92 Å². The molecule has 0 aliphatic heterocycles. The van der Waals surface area contributed by atoms with Gasteiger partial charge in [-0.2, -0.15) is 0 Å². The predicted octanol–water partition coefficient (Wildman–Crippen LogP) is 5.28. The van der Waals surface area contributed by atoms with E-state index in [4.69, 9.17) is 25.8 Å². The summed E-state index contributed by atoms with van der Waals surface area (Å²) in [6.07, 6.45) is 2.48. The summed E-state index contributed by atoms with van der Waals surface area (Å²) in [7, 11) is 1.56. The van der Waals surface area contributed by atoms with Gasteiger partial charge in [0, 0.05) is 6.42 Å². The number of halogens is 1. The number of nitrogens with zero attached hydrogens (tertiary/aromatic N) is 2. The van der Waals surface area contributed by atoms with Crippen molar-refractivity contribution >= 4 is 45.0 Å². The largest absolute Gasteiger partial charge is 0.493 e. The van der Waals surface area contributed by atoms with E-state index in [2.05, 4.69) is 4.98 Å². The molecule has 0 amide bonds. The minimum absolute atomic E-state index is 0.109. The number of imidazole rings is 1. The summed E-state index contributed by atoms with van der Waals surface area (Å²) in [4.78, 5) is 18.3. The van der Waals surface area contributed by atoms with Gasteiger partial charge in [0.25, 0.3) is 5.56 Å². The molecule has 0 saturated carbocycles. The number of aromatic nitrogens is 2. The maximum absolute atomic E-state index is 13.0. The lowest BCUT2D eigenvalue weighted by molar-refractivity contribution is 0.240. The van der Waals surface area contributed by atoms with Crippen LogP contribution < -0.4 is 24.3 Å². The van der Waals surface area contributed by atoms with E-state index >= 15 is 0 Å². The van der Waals surface area contributed by atoms with Crippen LogP contribution in [0.1, 0.15) is 17.5 Å². The van der Waals surface area contributed by atoms with Crippen molar-refractivity contribution in [2.45, 2.75) is 13.3 Å². The summed E-state index contributed by atoms with van der Waals surface area (Å²) in [5.41, 5.74) is 3.33. The molecular weight excluding hydrogens is 484 g/mol. The van der Waals surface area contributed by atoms with E-state index < -0.39 is 0 Å². The first kappa shape index (κ1) is 23.2. The normalized spacial score (nSPS) is 11.9. The molecule has 3 aromatic carbocycles. The van der Waals surface area contributed by atoms with E-state index in [1.807, 2.05) is 61.5 Å². The van der Waals surface area contributed by atoms with Gasteiger partial charge in [0.2, 0.25) is 0 Å². The van der Waals surface area contributed by atoms with Gasteiger partial charge in [0.05, 0.1) is 40.9 Å². The maximum Gasteiger partial charge on any atom is 0.274 e. The molecule has 8 heteroatoms. The molecule has 178 valence electrons. The number of aryl methyl sites for hydroxylation is 1. The van der Waals surface area contributed by atoms with Gasteiger partial charge in [-0.05, 0) is 54.5 Å². The van der Waals surface area contributed by atoms with Crippen molar-refractivity contribution in [3.63, 3.8) is 0 Å². The quantitative estimate of drug-likeness (QED) is 0.268. The van der Waals surface area contributed by atoms with Gasteiger partial charge >= 0.3 is 0 Å². The van der Waals surface area contributed by atoms with Crippen LogP contribution in [-0.2, 0) is 0 Å². The summed E-state index contributed by atoms with van der Waals surface area (Å²) < 4.78 is 19.5. The number of hydrogen-bond acceptors (Lipinski definition) is 6. The van der Waals surface area contributed by atoms with Crippen LogP contribution in [0.25, 0.3) is 22.1 Å². The van der Waals surface area contributed by atoms with Gasteiger partial charge in [-0.1, -0.05) is 53.3 Å². The minimum atomic E-state index is -0.109. The Morgan fingerprint density at radius 1 is 1.03 bits per heavy atom. The average molecular weight is 507 g/mol. The first-order valence-corrected chi connectivity index (χ1v) is 12.3. The van der Waals surface area contributed by atoms with Gasteiger partial charge in [-0.3, -0.25) is 4.79 Å². The highest BCUT2D eigenvalue weighted by Crippen LogP contribution is 2.36. The fraction of sp³-hybridized carbons (Fsp3) is 0.185. The fourth-order valence-corrected chi connectivity index (χ4v) is 5.12. The third-order valence-electron chi connectivity index (χ3n) is 5.58. The molecule has 0 aliphatic rings. The topological polar surface area (TPSA) is 62.1 Å². The molecule has 0 fully saturated rings. The monoisotopic (exact) mass is 506 g/mol. The molecular formula is C27H23ClN2O4S. The van der Waals surface area contributed by atoms with Crippen molar-refractivity contribution in [2.75, 3.05) is 20.3 Å². The van der Waals surface area contributed by atoms with Gasteiger partial charge in [-0.25, -0.2) is 9.38 Å². The van der Waals surface area contributed by atoms with E-state index in [9.17, 15) is 4.79 Å². The molecule has 6 nitrogen and oxygen atoms in total. The highest BCUT2D eigenvalue weighted by atomic mass is 35.5. The van der Waals surface area contributed by atoms with Crippen LogP contribution in [-0.4, -0.2) is 29.7 Å². The van der Waals surface area contributed by atoms with Crippen LogP contribution in [0.2, 0.25) is 5.02 Å². The molecule has 0 bridgehead atoms. The van der Waals surface area contributed by atoms with Crippen LogP contribution in [0.4, 0.5) is 0 Å². The van der Waals surface area contributed by atoms with Gasteiger partial charge in [0.15, 0.2) is 16.5 Å². The standard InChI is InChI=1S/C27H23ClN2O4S/c1-17-8-3-6-11-22(17)33-12-7-13-34-25-19(28)14-18(15-23(25)32-2)16-24-26(31)30-21-10-5-4-9-20(21)29-27(30)35-24/h3-6,8-11,14-16H,7,12-13H2,1-2H3. The summed E-state index contributed by atoms with van der Waals surface area (Å²) in [6, 6.07) is 19.1. The zero-order valence-corrected chi connectivity index (χ0v) is 20.9. The van der Waals surface area contributed by atoms with Crippen LogP contribution in [0.15, 0.2) is 65.5 Å². The Bertz CT molecular complexity index is 1630. The minimum Gasteiger partial charge on any atom is -0.493 e. The van der Waals surface area contributed by atoms with Gasteiger partial charge in [-0.15, -0.1) is 0 Å². The first-order valence-electron chi connectivity index (χ1n) is 11.2. The van der Waals surface area contributed by atoms with Crippen molar-refractivity contribution in [2.24, 2.45) is 0 Å². The van der Waals surface area contributed by atoms with Gasteiger partial charge < -0.3 is 14.2 Å². The Morgan fingerprint density at radius 3 is 2.63 bits per heavy atom. The highest BCUT2D eigenvalue weighted by molar-refractivity contribution is 7.15. The Morgan fingerprint density at radius 2 is 1.80 bits per heavy atom. The molecule has 5 aromatic rings. The number of methoxy groups -OCH3 is 1. The number of thiazole rings is 1. The third-order valence-corrected chi connectivity index (χ3v) is 6.83. The van der Waals surface area contributed by atoms with Crippen LogP contribution in [0.3, 0.4) is 0 Å². The molecule has 0 atom stereocenters. The molecule has 0 radical (unpaired) electrons. The Kier molecular flexibility index (Phi) is 6.61. The fourth-order valence-electron chi connectivity index (χ4n) is 3.86. The highest BCUT2D eigenvalue weighted by Gasteiger charge is 2.14. The lowest BCUT2D eigenvalue weighted by Gasteiger charge is -2.14. The van der Waals surface area contributed by atoms with Crippen molar-refractivity contribution in [1.29, 1.82) is 0 Å². The number of para-hydroxylation sites is 3. The molecule has 35 heavy (non-hydrogen) atoms. The zero-order valence-electron chi connectivity index (χ0n) is 19.3. The van der Waals surface area contributed by atoms with Crippen molar-refractivity contribution in [1.82, 2.24) is 9.38 Å². The smallest absolute Gasteiger partial charge is 0.274 e. The SMILES string of the molecule is COc1cc(C=c2sc3nc4ccccc4n3c2=O)cc(Cl)c1OCCCOc1ccccc1C. The summed E-state index contributed by atoms with van der Waals surface area (Å²) in [5.74, 6) is 1.84. The van der Waals surface area contributed by atoms with E-state index in [-0.39, 0.29) is 5.56 Å².